The molecule has 21 heavy (non-hydrogen) atoms. The quantitative estimate of drug-likeness (QED) is 0.291. The van der Waals surface area contributed by atoms with Crippen molar-refractivity contribution in [1.29, 1.82) is 0 Å². The molecule has 0 aliphatic heterocycles. The molecule has 0 amide bonds. The summed E-state index contributed by atoms with van der Waals surface area (Å²) in [5.74, 6) is 0. The smallest absolute Gasteiger partial charge is 0.124 e. The summed E-state index contributed by atoms with van der Waals surface area (Å²) in [5, 5.41) is 21.2. The number of aliphatic hydroxyl groups excluding tert-OH is 2. The fraction of sp³-hybridized carbons (Fsp3) is 0.889. The SMILES string of the molecule is C=C(CO)NC(O)CCCCCCCCCCCCCC. The van der Waals surface area contributed by atoms with Crippen LogP contribution in [0, 0.1) is 0 Å². The lowest BCUT2D eigenvalue weighted by atomic mass is 10.0. The van der Waals surface area contributed by atoms with Crippen molar-refractivity contribution in [1.82, 2.24) is 5.32 Å². The molecule has 3 nitrogen and oxygen atoms in total. The van der Waals surface area contributed by atoms with Gasteiger partial charge in [0, 0.05) is 5.70 Å². The number of nitrogens with one attached hydrogen (secondary N) is 1. The standard InChI is InChI=1S/C18H37NO2/c1-3-4-5-6-7-8-9-10-11-12-13-14-15-18(21)19-17(2)16-20/h18-21H,2-16H2,1H3. The molecule has 0 radical (unpaired) electrons. The van der Waals surface area contributed by atoms with Gasteiger partial charge in [0.2, 0.25) is 0 Å². The van der Waals surface area contributed by atoms with Crippen LogP contribution in [0.25, 0.3) is 0 Å². The van der Waals surface area contributed by atoms with Crippen LogP contribution in [0.1, 0.15) is 90.4 Å². The van der Waals surface area contributed by atoms with E-state index < -0.39 is 6.23 Å². The maximum Gasteiger partial charge on any atom is 0.124 e. The van der Waals surface area contributed by atoms with Crippen LogP contribution in [0.5, 0.6) is 0 Å². The Morgan fingerprint density at radius 3 is 1.71 bits per heavy atom. The summed E-state index contributed by atoms with van der Waals surface area (Å²) in [7, 11) is 0. The molecular formula is C18H37NO2. The van der Waals surface area contributed by atoms with Crippen molar-refractivity contribution in [3.05, 3.63) is 12.3 Å². The highest BCUT2D eigenvalue weighted by Gasteiger charge is 2.03. The third kappa shape index (κ3) is 15.7. The fourth-order valence-electron chi connectivity index (χ4n) is 2.53. The van der Waals surface area contributed by atoms with E-state index in [0.717, 1.165) is 12.8 Å². The Morgan fingerprint density at radius 2 is 1.29 bits per heavy atom. The minimum atomic E-state index is -0.562. The minimum absolute atomic E-state index is 0.116. The second kappa shape index (κ2) is 15.8. The van der Waals surface area contributed by atoms with Gasteiger partial charge in [0.1, 0.15) is 6.23 Å². The molecule has 0 saturated carbocycles. The molecule has 0 heterocycles. The molecule has 0 aromatic rings. The van der Waals surface area contributed by atoms with Crippen LogP contribution in [-0.2, 0) is 0 Å². The first kappa shape index (κ1) is 20.5. The number of hydrogen-bond acceptors (Lipinski definition) is 3. The fourth-order valence-corrected chi connectivity index (χ4v) is 2.53. The Bertz CT molecular complexity index is 231. The molecule has 0 rings (SSSR count). The van der Waals surface area contributed by atoms with E-state index in [4.69, 9.17) is 5.11 Å². The molecule has 0 aliphatic rings. The van der Waals surface area contributed by atoms with Crippen molar-refractivity contribution in [3.63, 3.8) is 0 Å². The number of rotatable bonds is 16. The monoisotopic (exact) mass is 299 g/mol. The molecule has 0 aliphatic carbocycles. The summed E-state index contributed by atoms with van der Waals surface area (Å²) in [6.07, 6.45) is 16.1. The molecule has 126 valence electrons. The van der Waals surface area contributed by atoms with Gasteiger partial charge in [-0.2, -0.15) is 0 Å². The van der Waals surface area contributed by atoms with Crippen LogP contribution in [0.2, 0.25) is 0 Å². The molecule has 1 atom stereocenters. The average molecular weight is 299 g/mol. The second-order valence-corrected chi connectivity index (χ2v) is 6.10. The first-order chi connectivity index (χ1) is 10.2. The first-order valence-electron chi connectivity index (χ1n) is 8.94. The van der Waals surface area contributed by atoms with Gasteiger partial charge in [-0.3, -0.25) is 0 Å². The summed E-state index contributed by atoms with van der Waals surface area (Å²) < 4.78 is 0. The molecule has 3 heteroatoms. The van der Waals surface area contributed by atoms with Crippen LogP contribution >= 0.6 is 0 Å². The Labute approximate surface area is 131 Å². The van der Waals surface area contributed by atoms with Crippen molar-refractivity contribution in [2.24, 2.45) is 0 Å². The highest BCUT2D eigenvalue weighted by molar-refractivity contribution is 4.90. The van der Waals surface area contributed by atoms with Crippen molar-refractivity contribution in [2.75, 3.05) is 6.61 Å². The topological polar surface area (TPSA) is 52.5 Å². The number of unbranched alkanes of at least 4 members (excludes halogenated alkanes) is 11. The van der Waals surface area contributed by atoms with Gasteiger partial charge in [-0.1, -0.05) is 84.1 Å². The van der Waals surface area contributed by atoms with Gasteiger partial charge in [-0.05, 0) is 12.8 Å². The lowest BCUT2D eigenvalue weighted by Gasteiger charge is -2.14. The van der Waals surface area contributed by atoms with Gasteiger partial charge in [0.25, 0.3) is 0 Å². The lowest BCUT2D eigenvalue weighted by molar-refractivity contribution is 0.130. The van der Waals surface area contributed by atoms with Crippen LogP contribution in [-0.4, -0.2) is 23.0 Å². The Balaban J connectivity index is 3.13. The molecule has 0 aromatic heterocycles. The second-order valence-electron chi connectivity index (χ2n) is 6.10. The maximum atomic E-state index is 9.63. The summed E-state index contributed by atoms with van der Waals surface area (Å²) in [5.41, 5.74) is 0.487. The van der Waals surface area contributed by atoms with Gasteiger partial charge in [0.15, 0.2) is 0 Å². The van der Waals surface area contributed by atoms with Crippen LogP contribution in [0.3, 0.4) is 0 Å². The average Bonchev–Trinajstić information content (AvgIpc) is 2.48. The first-order valence-corrected chi connectivity index (χ1v) is 8.94. The molecule has 0 bridgehead atoms. The number of hydrogen-bond donors (Lipinski definition) is 3. The van der Waals surface area contributed by atoms with Gasteiger partial charge >= 0.3 is 0 Å². The van der Waals surface area contributed by atoms with Crippen LogP contribution in [0.15, 0.2) is 12.3 Å². The third-order valence-electron chi connectivity index (χ3n) is 3.89. The van der Waals surface area contributed by atoms with E-state index in [1.54, 1.807) is 0 Å². The highest BCUT2D eigenvalue weighted by Crippen LogP contribution is 2.12. The Hall–Kier alpha value is -0.540. The van der Waals surface area contributed by atoms with E-state index in [1.165, 1.54) is 70.6 Å². The normalized spacial score (nSPS) is 12.3. The molecule has 1 unspecified atom stereocenters. The van der Waals surface area contributed by atoms with Gasteiger partial charge in [0.05, 0.1) is 6.61 Å². The molecule has 0 saturated heterocycles. The van der Waals surface area contributed by atoms with E-state index in [1.807, 2.05) is 0 Å². The van der Waals surface area contributed by atoms with Crippen molar-refractivity contribution in [2.45, 2.75) is 96.6 Å². The third-order valence-corrected chi connectivity index (χ3v) is 3.89. The van der Waals surface area contributed by atoms with E-state index in [-0.39, 0.29) is 6.61 Å². The van der Waals surface area contributed by atoms with Gasteiger partial charge in [-0.25, -0.2) is 0 Å². The molecule has 0 fully saturated rings. The maximum absolute atomic E-state index is 9.63. The zero-order valence-electron chi connectivity index (χ0n) is 14.1. The highest BCUT2D eigenvalue weighted by atomic mass is 16.3. The van der Waals surface area contributed by atoms with Gasteiger partial charge in [-0.15, -0.1) is 0 Å². The van der Waals surface area contributed by atoms with E-state index in [0.29, 0.717) is 5.70 Å². The van der Waals surface area contributed by atoms with Crippen LogP contribution < -0.4 is 5.32 Å². The predicted octanol–water partition coefficient (Wildman–Crippen LogP) is 4.49. The number of aliphatic hydroxyl groups is 2. The minimum Gasteiger partial charge on any atom is -0.390 e. The zero-order valence-corrected chi connectivity index (χ0v) is 14.1. The lowest BCUT2D eigenvalue weighted by Crippen LogP contribution is -2.28. The van der Waals surface area contributed by atoms with Gasteiger partial charge < -0.3 is 15.5 Å². The summed E-state index contributed by atoms with van der Waals surface area (Å²) in [6, 6.07) is 0. The van der Waals surface area contributed by atoms with Crippen molar-refractivity contribution < 1.29 is 10.2 Å². The molecule has 0 spiro atoms. The zero-order chi connectivity index (χ0) is 15.8. The van der Waals surface area contributed by atoms with E-state index >= 15 is 0 Å². The largest absolute Gasteiger partial charge is 0.390 e. The molecule has 0 aromatic carbocycles. The molecular weight excluding hydrogens is 262 g/mol. The Morgan fingerprint density at radius 1 is 0.857 bits per heavy atom. The Kier molecular flexibility index (Phi) is 15.4. The summed E-state index contributed by atoms with van der Waals surface area (Å²) >= 11 is 0. The summed E-state index contributed by atoms with van der Waals surface area (Å²) in [6.45, 7) is 5.75. The summed E-state index contributed by atoms with van der Waals surface area (Å²) in [4.78, 5) is 0. The van der Waals surface area contributed by atoms with Crippen molar-refractivity contribution in [3.8, 4) is 0 Å². The van der Waals surface area contributed by atoms with Crippen LogP contribution in [0.4, 0.5) is 0 Å². The van der Waals surface area contributed by atoms with E-state index in [2.05, 4.69) is 18.8 Å². The van der Waals surface area contributed by atoms with Crippen molar-refractivity contribution >= 4 is 0 Å². The predicted molar refractivity (Wildman–Crippen MR) is 91.1 cm³/mol. The molecule has 3 N–H and O–H groups in total. The van der Waals surface area contributed by atoms with E-state index in [9.17, 15) is 5.11 Å².